The lowest BCUT2D eigenvalue weighted by Crippen LogP contribution is -2.30. The number of carbonyl (C=O) groups excluding carboxylic acids is 1. The molecule has 5 nitrogen and oxygen atoms in total. The Bertz CT molecular complexity index is 644. The predicted octanol–water partition coefficient (Wildman–Crippen LogP) is 3.34. The third kappa shape index (κ3) is 7.83. The van der Waals surface area contributed by atoms with Gasteiger partial charge in [-0.2, -0.15) is 0 Å². The first-order valence-electron chi connectivity index (χ1n) is 8.57. The fourth-order valence-corrected chi connectivity index (χ4v) is 2.33. The number of benzene rings is 2. The maximum atomic E-state index is 11.8. The molecule has 2 aromatic rings. The van der Waals surface area contributed by atoms with E-state index in [1.54, 1.807) is 6.92 Å². The lowest BCUT2D eigenvalue weighted by atomic mass is 10.2. The fourth-order valence-electron chi connectivity index (χ4n) is 2.33. The van der Waals surface area contributed by atoms with E-state index in [1.807, 2.05) is 42.5 Å². The van der Waals surface area contributed by atoms with Crippen molar-refractivity contribution in [3.63, 3.8) is 0 Å². The van der Waals surface area contributed by atoms with Gasteiger partial charge >= 0.3 is 6.03 Å². The van der Waals surface area contributed by atoms with Gasteiger partial charge in [-0.3, -0.25) is 0 Å². The van der Waals surface area contributed by atoms with E-state index in [0.29, 0.717) is 26.2 Å². The number of rotatable bonds is 9. The number of aliphatic hydroxyl groups is 1. The Balaban J connectivity index is 1.72. The smallest absolute Gasteiger partial charge is 0.319 e. The monoisotopic (exact) mass is 342 g/mol. The highest BCUT2D eigenvalue weighted by Crippen LogP contribution is 2.12. The summed E-state index contributed by atoms with van der Waals surface area (Å²) in [5, 5.41) is 14.7. The first kappa shape index (κ1) is 19.0. The number of anilines is 1. The van der Waals surface area contributed by atoms with Crippen LogP contribution in [0.3, 0.4) is 0 Å². The number of ether oxygens (including phenoxy) is 1. The van der Waals surface area contributed by atoms with Crippen LogP contribution in [0, 0.1) is 0 Å². The zero-order valence-corrected chi connectivity index (χ0v) is 14.6. The van der Waals surface area contributed by atoms with Crippen LogP contribution in [0.2, 0.25) is 0 Å². The molecule has 0 aromatic heterocycles. The second-order valence-electron chi connectivity index (χ2n) is 6.01. The number of carbonyl (C=O) groups is 1. The highest BCUT2D eigenvalue weighted by molar-refractivity contribution is 5.89. The molecule has 2 amide bonds. The molecule has 0 aliphatic rings. The van der Waals surface area contributed by atoms with Crippen LogP contribution in [-0.4, -0.2) is 30.4 Å². The van der Waals surface area contributed by atoms with Gasteiger partial charge in [0.05, 0.1) is 19.3 Å². The van der Waals surface area contributed by atoms with Gasteiger partial charge in [0, 0.05) is 12.2 Å². The summed E-state index contributed by atoms with van der Waals surface area (Å²) in [5.41, 5.74) is 2.99. The maximum Gasteiger partial charge on any atom is 0.319 e. The minimum atomic E-state index is -0.420. The van der Waals surface area contributed by atoms with E-state index in [4.69, 9.17) is 4.74 Å². The summed E-state index contributed by atoms with van der Waals surface area (Å²) in [6, 6.07) is 17.5. The topological polar surface area (TPSA) is 70.6 Å². The summed E-state index contributed by atoms with van der Waals surface area (Å²) in [6.07, 6.45) is 0.990. The van der Waals surface area contributed by atoms with Crippen molar-refractivity contribution < 1.29 is 14.6 Å². The summed E-state index contributed by atoms with van der Waals surface area (Å²) in [7, 11) is 0. The van der Waals surface area contributed by atoms with E-state index in [-0.39, 0.29) is 6.03 Å². The quantitative estimate of drug-likeness (QED) is 0.612. The van der Waals surface area contributed by atoms with Crippen LogP contribution in [0.15, 0.2) is 54.6 Å². The van der Waals surface area contributed by atoms with Crippen LogP contribution in [-0.2, 0) is 17.8 Å². The Labute approximate surface area is 149 Å². The van der Waals surface area contributed by atoms with Gasteiger partial charge in [0.1, 0.15) is 0 Å². The molecule has 1 atom stereocenters. The second-order valence-corrected chi connectivity index (χ2v) is 6.01. The van der Waals surface area contributed by atoms with Gasteiger partial charge in [-0.05, 0) is 43.0 Å². The van der Waals surface area contributed by atoms with Crippen LogP contribution in [0.25, 0.3) is 0 Å². The van der Waals surface area contributed by atoms with E-state index in [0.717, 1.165) is 17.7 Å². The van der Waals surface area contributed by atoms with Crippen molar-refractivity contribution in [2.75, 3.05) is 18.5 Å². The third-order valence-corrected chi connectivity index (χ3v) is 3.68. The molecule has 0 heterocycles. The molecule has 0 radical (unpaired) electrons. The average molecular weight is 342 g/mol. The molecule has 0 bridgehead atoms. The average Bonchev–Trinajstić information content (AvgIpc) is 2.60. The zero-order valence-electron chi connectivity index (χ0n) is 14.6. The molecule has 0 spiro atoms. The summed E-state index contributed by atoms with van der Waals surface area (Å²) in [5.74, 6) is 0. The van der Waals surface area contributed by atoms with Crippen LogP contribution in [0.5, 0.6) is 0 Å². The summed E-state index contributed by atoms with van der Waals surface area (Å²) >= 11 is 0. The molecule has 0 aliphatic carbocycles. The zero-order chi connectivity index (χ0) is 17.9. The molecule has 2 aromatic carbocycles. The van der Waals surface area contributed by atoms with Gasteiger partial charge in [-0.15, -0.1) is 0 Å². The Morgan fingerprint density at radius 2 is 1.88 bits per heavy atom. The van der Waals surface area contributed by atoms with Crippen molar-refractivity contribution in [3.8, 4) is 0 Å². The Morgan fingerprint density at radius 1 is 1.12 bits per heavy atom. The number of amides is 2. The number of urea groups is 1. The van der Waals surface area contributed by atoms with E-state index in [2.05, 4.69) is 22.8 Å². The number of hydrogen-bond donors (Lipinski definition) is 3. The van der Waals surface area contributed by atoms with Gasteiger partial charge < -0.3 is 20.5 Å². The molecule has 0 aliphatic heterocycles. The molecule has 5 heteroatoms. The Morgan fingerprint density at radius 3 is 2.64 bits per heavy atom. The van der Waals surface area contributed by atoms with Crippen molar-refractivity contribution in [3.05, 3.63) is 65.7 Å². The summed E-state index contributed by atoms with van der Waals surface area (Å²) < 4.78 is 5.72. The number of aliphatic hydroxyl groups excluding tert-OH is 1. The van der Waals surface area contributed by atoms with Crippen LogP contribution in [0.4, 0.5) is 10.5 Å². The normalized spacial score (nSPS) is 11.8. The SMILES string of the molecule is C[C@@H](O)CCNC(=O)Nc1cccc(COCCc2ccccc2)c1. The summed E-state index contributed by atoms with van der Waals surface area (Å²) in [6.45, 7) is 3.29. The molecule has 0 saturated heterocycles. The lowest BCUT2D eigenvalue weighted by Gasteiger charge is -2.10. The van der Waals surface area contributed by atoms with Crippen molar-refractivity contribution in [1.29, 1.82) is 0 Å². The minimum absolute atomic E-state index is 0.275. The van der Waals surface area contributed by atoms with Crippen molar-refractivity contribution >= 4 is 11.7 Å². The summed E-state index contributed by atoms with van der Waals surface area (Å²) in [4.78, 5) is 11.8. The van der Waals surface area contributed by atoms with Gasteiger partial charge in [0.25, 0.3) is 0 Å². The van der Waals surface area contributed by atoms with E-state index in [1.165, 1.54) is 5.56 Å². The standard InChI is InChI=1S/C20H26N2O3/c1-16(23)10-12-21-20(24)22-19-9-5-8-18(14-19)15-25-13-11-17-6-3-2-4-7-17/h2-9,14,16,23H,10-13,15H2,1H3,(H2,21,22,24)/t16-/m1/s1. The molecule has 0 fully saturated rings. The molecular formula is C20H26N2O3. The number of nitrogens with one attached hydrogen (secondary N) is 2. The molecule has 134 valence electrons. The molecule has 0 unspecified atom stereocenters. The van der Waals surface area contributed by atoms with Gasteiger partial charge in [-0.1, -0.05) is 42.5 Å². The third-order valence-electron chi connectivity index (χ3n) is 3.68. The van der Waals surface area contributed by atoms with Crippen LogP contribution >= 0.6 is 0 Å². The largest absolute Gasteiger partial charge is 0.393 e. The first-order valence-corrected chi connectivity index (χ1v) is 8.57. The van der Waals surface area contributed by atoms with Gasteiger partial charge in [-0.25, -0.2) is 4.79 Å². The highest BCUT2D eigenvalue weighted by Gasteiger charge is 2.03. The molecule has 2 rings (SSSR count). The Hall–Kier alpha value is -2.37. The Kier molecular flexibility index (Phi) is 7.95. The molecule has 3 N–H and O–H groups in total. The van der Waals surface area contributed by atoms with E-state index < -0.39 is 6.10 Å². The van der Waals surface area contributed by atoms with Crippen molar-refractivity contribution in [2.45, 2.75) is 32.5 Å². The first-order chi connectivity index (χ1) is 12.1. The van der Waals surface area contributed by atoms with Crippen molar-refractivity contribution in [2.24, 2.45) is 0 Å². The molecular weight excluding hydrogens is 316 g/mol. The van der Waals surface area contributed by atoms with Crippen LogP contribution < -0.4 is 10.6 Å². The van der Waals surface area contributed by atoms with Gasteiger partial charge in [0.15, 0.2) is 0 Å². The number of hydrogen-bond acceptors (Lipinski definition) is 3. The van der Waals surface area contributed by atoms with Gasteiger partial charge in [0.2, 0.25) is 0 Å². The second kappa shape index (κ2) is 10.5. The minimum Gasteiger partial charge on any atom is -0.393 e. The highest BCUT2D eigenvalue weighted by atomic mass is 16.5. The molecule has 25 heavy (non-hydrogen) atoms. The lowest BCUT2D eigenvalue weighted by molar-refractivity contribution is 0.124. The fraction of sp³-hybridized carbons (Fsp3) is 0.350. The van der Waals surface area contributed by atoms with E-state index in [9.17, 15) is 9.90 Å². The van der Waals surface area contributed by atoms with E-state index >= 15 is 0 Å². The predicted molar refractivity (Wildman–Crippen MR) is 99.6 cm³/mol. The van der Waals surface area contributed by atoms with Crippen molar-refractivity contribution in [1.82, 2.24) is 5.32 Å². The molecule has 0 saturated carbocycles. The maximum absolute atomic E-state index is 11.8. The van der Waals surface area contributed by atoms with Crippen LogP contribution in [0.1, 0.15) is 24.5 Å².